The van der Waals surface area contributed by atoms with Gasteiger partial charge in [-0.2, -0.15) is 0 Å². The second-order valence-corrected chi connectivity index (χ2v) is 10.5. The number of aliphatic hydroxyl groups is 2. The van der Waals surface area contributed by atoms with Crippen LogP contribution in [-0.4, -0.2) is 15.8 Å². The van der Waals surface area contributed by atoms with Crippen LogP contribution in [0.5, 0.6) is 0 Å². The fourth-order valence-electron chi connectivity index (χ4n) is 5.72. The van der Waals surface area contributed by atoms with Crippen molar-refractivity contribution in [2.24, 2.45) is 16.7 Å². The summed E-state index contributed by atoms with van der Waals surface area (Å²) < 4.78 is 0. The van der Waals surface area contributed by atoms with Gasteiger partial charge in [0.05, 0.1) is 5.60 Å². The molecule has 0 heterocycles. The maximum atomic E-state index is 11.4. The van der Waals surface area contributed by atoms with E-state index in [0.717, 1.165) is 24.8 Å². The SMILES string of the molecule is CC(C)CCCC[C@](C)(O)C1=CC=C2C3=C(C=CC21C)C1(C)CC=C(O)C=C1C=C3. The minimum absolute atomic E-state index is 0.114. The van der Waals surface area contributed by atoms with Crippen LogP contribution in [0, 0.1) is 16.7 Å². The van der Waals surface area contributed by atoms with E-state index in [1.54, 1.807) is 0 Å². The average Bonchev–Trinajstić information content (AvgIpc) is 3.04. The zero-order chi connectivity index (χ0) is 21.7. The number of rotatable bonds is 6. The van der Waals surface area contributed by atoms with E-state index in [9.17, 15) is 10.2 Å². The van der Waals surface area contributed by atoms with Gasteiger partial charge in [0, 0.05) is 10.8 Å². The Balaban J connectivity index is 1.59. The molecule has 4 aliphatic rings. The van der Waals surface area contributed by atoms with Crippen LogP contribution in [0.4, 0.5) is 0 Å². The minimum Gasteiger partial charge on any atom is -0.508 e. The van der Waals surface area contributed by atoms with Crippen LogP contribution in [0.1, 0.15) is 66.7 Å². The third kappa shape index (κ3) is 3.30. The van der Waals surface area contributed by atoms with E-state index in [4.69, 9.17) is 0 Å². The molecule has 0 spiro atoms. The number of hydrogen-bond donors (Lipinski definition) is 2. The van der Waals surface area contributed by atoms with Gasteiger partial charge in [0.2, 0.25) is 0 Å². The van der Waals surface area contributed by atoms with Gasteiger partial charge in [0.15, 0.2) is 0 Å². The highest BCUT2D eigenvalue weighted by atomic mass is 16.3. The van der Waals surface area contributed by atoms with Crippen molar-refractivity contribution in [3.63, 3.8) is 0 Å². The van der Waals surface area contributed by atoms with Crippen molar-refractivity contribution in [3.05, 3.63) is 82.2 Å². The molecule has 0 saturated heterocycles. The third-order valence-corrected chi connectivity index (χ3v) is 7.66. The van der Waals surface area contributed by atoms with Crippen molar-refractivity contribution in [2.45, 2.75) is 72.3 Å². The lowest BCUT2D eigenvalue weighted by Crippen LogP contribution is -2.38. The van der Waals surface area contributed by atoms with Gasteiger partial charge in [-0.25, -0.2) is 0 Å². The van der Waals surface area contributed by atoms with Crippen LogP contribution in [0.25, 0.3) is 0 Å². The van der Waals surface area contributed by atoms with Crippen molar-refractivity contribution < 1.29 is 10.2 Å². The Morgan fingerprint density at radius 1 is 1.10 bits per heavy atom. The normalized spacial score (nSPS) is 31.4. The van der Waals surface area contributed by atoms with Gasteiger partial charge in [-0.3, -0.25) is 0 Å². The van der Waals surface area contributed by atoms with E-state index in [2.05, 4.69) is 64.2 Å². The van der Waals surface area contributed by atoms with Crippen LogP contribution in [0.15, 0.2) is 82.2 Å². The quantitative estimate of drug-likeness (QED) is 0.466. The van der Waals surface area contributed by atoms with Crippen LogP contribution < -0.4 is 0 Å². The molecule has 0 aromatic carbocycles. The molecule has 3 atom stereocenters. The Bertz CT molecular complexity index is 961. The first kappa shape index (κ1) is 21.2. The second kappa shape index (κ2) is 7.27. The predicted molar refractivity (Wildman–Crippen MR) is 125 cm³/mol. The first-order valence-corrected chi connectivity index (χ1v) is 11.5. The van der Waals surface area contributed by atoms with Crippen molar-refractivity contribution in [2.75, 3.05) is 0 Å². The molecule has 0 amide bonds. The molecule has 0 aliphatic heterocycles. The molecule has 0 radical (unpaired) electrons. The van der Waals surface area contributed by atoms with Crippen molar-refractivity contribution in [3.8, 4) is 0 Å². The monoisotopic (exact) mass is 404 g/mol. The Hall–Kier alpha value is -2.06. The first-order valence-electron chi connectivity index (χ1n) is 11.5. The molecule has 160 valence electrons. The van der Waals surface area contributed by atoms with Gasteiger partial charge in [0.25, 0.3) is 0 Å². The van der Waals surface area contributed by atoms with Crippen LogP contribution in [0.3, 0.4) is 0 Å². The van der Waals surface area contributed by atoms with Gasteiger partial charge in [0.1, 0.15) is 5.76 Å². The number of unbranched alkanes of at least 4 members (excludes halogenated alkanes) is 1. The molecular weight excluding hydrogens is 368 g/mol. The van der Waals surface area contributed by atoms with Crippen molar-refractivity contribution >= 4 is 0 Å². The summed E-state index contributed by atoms with van der Waals surface area (Å²) in [5.41, 5.74) is 4.96. The summed E-state index contributed by atoms with van der Waals surface area (Å²) in [6, 6.07) is 0. The summed E-state index contributed by atoms with van der Waals surface area (Å²) in [5.74, 6) is 1.08. The summed E-state index contributed by atoms with van der Waals surface area (Å²) in [5, 5.41) is 21.4. The van der Waals surface area contributed by atoms with Crippen LogP contribution >= 0.6 is 0 Å². The summed E-state index contributed by atoms with van der Waals surface area (Å²) in [6.45, 7) is 11.0. The highest BCUT2D eigenvalue weighted by molar-refractivity contribution is 5.69. The first-order chi connectivity index (χ1) is 14.1. The van der Waals surface area contributed by atoms with E-state index >= 15 is 0 Å². The molecule has 4 rings (SSSR count). The molecule has 2 nitrogen and oxygen atoms in total. The number of allylic oxidation sites excluding steroid dienone is 12. The van der Waals surface area contributed by atoms with Crippen molar-refractivity contribution in [1.82, 2.24) is 0 Å². The van der Waals surface area contributed by atoms with E-state index in [-0.39, 0.29) is 10.8 Å². The lowest BCUT2D eigenvalue weighted by molar-refractivity contribution is 0.0726. The molecule has 2 N–H and O–H groups in total. The summed E-state index contributed by atoms with van der Waals surface area (Å²) in [7, 11) is 0. The van der Waals surface area contributed by atoms with Crippen LogP contribution in [0.2, 0.25) is 0 Å². The van der Waals surface area contributed by atoms with E-state index in [1.165, 1.54) is 35.1 Å². The molecule has 2 heteroatoms. The highest BCUT2D eigenvalue weighted by Gasteiger charge is 2.47. The lowest BCUT2D eigenvalue weighted by atomic mass is 9.59. The topological polar surface area (TPSA) is 40.5 Å². The Morgan fingerprint density at radius 2 is 1.87 bits per heavy atom. The molecule has 4 aliphatic carbocycles. The summed E-state index contributed by atoms with van der Waals surface area (Å²) in [4.78, 5) is 0. The highest BCUT2D eigenvalue weighted by Crippen LogP contribution is 2.58. The Labute approximate surface area is 181 Å². The maximum absolute atomic E-state index is 11.4. The van der Waals surface area contributed by atoms with Gasteiger partial charge < -0.3 is 10.2 Å². The second-order valence-electron chi connectivity index (χ2n) is 10.5. The molecule has 0 aromatic heterocycles. The molecule has 30 heavy (non-hydrogen) atoms. The fraction of sp³-hybridized carbons (Fsp3) is 0.500. The predicted octanol–water partition coefficient (Wildman–Crippen LogP) is 7.04. The van der Waals surface area contributed by atoms with Crippen LogP contribution in [-0.2, 0) is 0 Å². The molecule has 0 bridgehead atoms. The van der Waals surface area contributed by atoms with E-state index in [1.807, 2.05) is 19.1 Å². The van der Waals surface area contributed by atoms with E-state index in [0.29, 0.717) is 11.7 Å². The van der Waals surface area contributed by atoms with Gasteiger partial charge in [-0.1, -0.05) is 76.5 Å². The zero-order valence-corrected chi connectivity index (χ0v) is 19.1. The molecule has 0 fully saturated rings. The summed E-state index contributed by atoms with van der Waals surface area (Å²) in [6.07, 6.45) is 22.1. The van der Waals surface area contributed by atoms with Gasteiger partial charge in [-0.05, 0) is 72.6 Å². The molecule has 2 unspecified atom stereocenters. The maximum Gasteiger partial charge on any atom is 0.111 e. The Kier molecular flexibility index (Phi) is 5.13. The number of hydrogen-bond acceptors (Lipinski definition) is 2. The molecule has 0 aromatic rings. The van der Waals surface area contributed by atoms with Gasteiger partial charge >= 0.3 is 0 Å². The van der Waals surface area contributed by atoms with Gasteiger partial charge in [-0.15, -0.1) is 0 Å². The third-order valence-electron chi connectivity index (χ3n) is 7.66. The zero-order valence-electron chi connectivity index (χ0n) is 19.1. The molecule has 0 saturated carbocycles. The smallest absolute Gasteiger partial charge is 0.111 e. The number of aliphatic hydroxyl groups excluding tert-OH is 1. The standard InChI is InChI=1S/C28H36O2/c1-19(2)8-6-7-15-28(5,30)25-12-11-23-22-10-9-20-18-21(29)13-16-26(20,3)24(22)14-17-27(23,25)4/h9-14,17-19,29-30H,6-8,15-16H2,1-5H3/t26?,27?,28-/m0/s1. The average molecular weight is 405 g/mol. The molecular formula is C28H36O2. The number of fused-ring (bicyclic) bond motifs is 4. The largest absolute Gasteiger partial charge is 0.508 e. The lowest BCUT2D eigenvalue weighted by Gasteiger charge is -2.45. The minimum atomic E-state index is -0.806. The fourth-order valence-corrected chi connectivity index (χ4v) is 5.72. The van der Waals surface area contributed by atoms with E-state index < -0.39 is 5.60 Å². The Morgan fingerprint density at radius 3 is 2.60 bits per heavy atom. The van der Waals surface area contributed by atoms with Crippen molar-refractivity contribution in [1.29, 1.82) is 0 Å². The summed E-state index contributed by atoms with van der Waals surface area (Å²) >= 11 is 0.